The van der Waals surface area contributed by atoms with Crippen LogP contribution in [0.3, 0.4) is 0 Å². The zero-order valence-electron chi connectivity index (χ0n) is 10.5. The van der Waals surface area contributed by atoms with Gasteiger partial charge in [0.1, 0.15) is 0 Å². The van der Waals surface area contributed by atoms with Crippen LogP contribution in [0.25, 0.3) is 0 Å². The minimum absolute atomic E-state index is 0.925. The molecular formula is C15H21N. The average molecular weight is 215 g/mol. The van der Waals surface area contributed by atoms with Gasteiger partial charge in [0.15, 0.2) is 0 Å². The summed E-state index contributed by atoms with van der Waals surface area (Å²) >= 11 is 0. The molecule has 0 aliphatic heterocycles. The minimum atomic E-state index is 0.925. The lowest BCUT2D eigenvalue weighted by Gasteiger charge is -2.20. The van der Waals surface area contributed by atoms with Crippen molar-refractivity contribution in [2.45, 2.75) is 13.8 Å². The van der Waals surface area contributed by atoms with Gasteiger partial charge in [-0.15, -0.1) is 0 Å². The summed E-state index contributed by atoms with van der Waals surface area (Å²) in [5.41, 5.74) is 1.95. The van der Waals surface area contributed by atoms with E-state index < -0.39 is 0 Å². The summed E-state index contributed by atoms with van der Waals surface area (Å²) in [4.78, 5) is 1.99. The standard InChI is InChI=1S/C15H21N/c1-6-9-11-12-14(4)16(5)15(8-3)13-10-7-2/h6-13H,3-4H2,1-2,5H3/b9-6-,10-7-,12-11-,15-13+. The van der Waals surface area contributed by atoms with Gasteiger partial charge in [-0.25, -0.2) is 0 Å². The molecule has 0 fully saturated rings. The number of hydrogen-bond acceptors (Lipinski definition) is 1. The summed E-state index contributed by atoms with van der Waals surface area (Å²) in [6.45, 7) is 11.8. The molecule has 0 spiro atoms. The van der Waals surface area contributed by atoms with Gasteiger partial charge in [0.05, 0.1) is 0 Å². The third-order valence-electron chi connectivity index (χ3n) is 2.08. The maximum absolute atomic E-state index is 4.00. The molecule has 1 nitrogen and oxygen atoms in total. The molecule has 0 saturated carbocycles. The minimum Gasteiger partial charge on any atom is -0.345 e. The van der Waals surface area contributed by atoms with Crippen LogP contribution in [0.5, 0.6) is 0 Å². The number of nitrogens with zero attached hydrogens (tertiary/aromatic N) is 1. The monoisotopic (exact) mass is 215 g/mol. The van der Waals surface area contributed by atoms with E-state index in [-0.39, 0.29) is 0 Å². The van der Waals surface area contributed by atoms with Gasteiger partial charge < -0.3 is 4.90 Å². The zero-order chi connectivity index (χ0) is 12.4. The van der Waals surface area contributed by atoms with Gasteiger partial charge in [0.2, 0.25) is 0 Å². The van der Waals surface area contributed by atoms with E-state index in [2.05, 4.69) is 13.2 Å². The lowest BCUT2D eigenvalue weighted by atomic mass is 10.3. The first-order valence-corrected chi connectivity index (χ1v) is 5.34. The van der Waals surface area contributed by atoms with Crippen molar-refractivity contribution in [1.29, 1.82) is 0 Å². The highest BCUT2D eigenvalue weighted by Gasteiger charge is 2.00. The van der Waals surface area contributed by atoms with Gasteiger partial charge in [-0.2, -0.15) is 0 Å². The first kappa shape index (κ1) is 14.2. The molecule has 0 aromatic heterocycles. The van der Waals surface area contributed by atoms with Crippen LogP contribution >= 0.6 is 0 Å². The molecule has 0 aliphatic carbocycles. The lowest BCUT2D eigenvalue weighted by molar-refractivity contribution is 0.557. The molecule has 0 N–H and O–H groups in total. The summed E-state index contributed by atoms with van der Waals surface area (Å²) in [5, 5.41) is 0. The Kier molecular flexibility index (Phi) is 7.60. The second-order valence-corrected chi connectivity index (χ2v) is 3.26. The van der Waals surface area contributed by atoms with Crippen LogP contribution in [0, 0.1) is 0 Å². The second kappa shape index (κ2) is 8.54. The van der Waals surface area contributed by atoms with Gasteiger partial charge in [0, 0.05) is 18.4 Å². The maximum atomic E-state index is 4.00. The van der Waals surface area contributed by atoms with Crippen LogP contribution in [-0.2, 0) is 0 Å². The molecular weight excluding hydrogens is 194 g/mol. The van der Waals surface area contributed by atoms with Crippen molar-refractivity contribution in [2.75, 3.05) is 7.05 Å². The van der Waals surface area contributed by atoms with E-state index in [0.717, 1.165) is 11.4 Å². The van der Waals surface area contributed by atoms with Crippen molar-refractivity contribution in [3.63, 3.8) is 0 Å². The van der Waals surface area contributed by atoms with Crippen molar-refractivity contribution in [1.82, 2.24) is 4.90 Å². The van der Waals surface area contributed by atoms with Gasteiger partial charge in [-0.1, -0.05) is 43.5 Å². The van der Waals surface area contributed by atoms with Crippen molar-refractivity contribution in [2.24, 2.45) is 0 Å². The molecule has 0 aromatic carbocycles. The number of hydrogen-bond donors (Lipinski definition) is 0. The summed E-state index contributed by atoms with van der Waals surface area (Å²) in [7, 11) is 1.97. The quantitative estimate of drug-likeness (QED) is 0.600. The van der Waals surface area contributed by atoms with Crippen molar-refractivity contribution in [3.8, 4) is 0 Å². The molecule has 16 heavy (non-hydrogen) atoms. The molecule has 0 amide bonds. The highest BCUT2D eigenvalue weighted by Crippen LogP contribution is 2.11. The first-order valence-electron chi connectivity index (χ1n) is 5.34. The Bertz CT molecular complexity index is 340. The van der Waals surface area contributed by atoms with E-state index in [1.165, 1.54) is 0 Å². The fraction of sp³-hybridized carbons (Fsp3) is 0.200. The van der Waals surface area contributed by atoms with Crippen LogP contribution < -0.4 is 0 Å². The Morgan fingerprint density at radius 3 is 2.19 bits per heavy atom. The van der Waals surface area contributed by atoms with Gasteiger partial charge in [-0.05, 0) is 32.1 Å². The molecule has 0 rings (SSSR count). The largest absolute Gasteiger partial charge is 0.345 e. The number of rotatable bonds is 6. The van der Waals surface area contributed by atoms with E-state index in [1.54, 1.807) is 0 Å². The summed E-state index contributed by atoms with van der Waals surface area (Å²) < 4.78 is 0. The highest BCUT2D eigenvalue weighted by atomic mass is 15.1. The number of likely N-dealkylation sites (N-methyl/N-ethyl adjacent to an activating group) is 1. The normalized spacial score (nSPS) is 12.8. The van der Waals surface area contributed by atoms with E-state index in [4.69, 9.17) is 0 Å². The highest BCUT2D eigenvalue weighted by molar-refractivity contribution is 5.29. The molecule has 0 aliphatic rings. The van der Waals surface area contributed by atoms with Crippen LogP contribution in [-0.4, -0.2) is 11.9 Å². The Labute approximate surface area is 99.5 Å². The lowest BCUT2D eigenvalue weighted by Crippen LogP contribution is -2.13. The van der Waals surface area contributed by atoms with Crippen molar-refractivity contribution >= 4 is 0 Å². The molecule has 0 heterocycles. The van der Waals surface area contributed by atoms with Crippen LogP contribution in [0.4, 0.5) is 0 Å². The molecule has 0 saturated heterocycles. The van der Waals surface area contributed by atoms with Crippen molar-refractivity contribution in [3.05, 3.63) is 73.2 Å². The Morgan fingerprint density at radius 1 is 1.06 bits per heavy atom. The zero-order valence-corrected chi connectivity index (χ0v) is 10.5. The Morgan fingerprint density at radius 2 is 1.69 bits per heavy atom. The van der Waals surface area contributed by atoms with Crippen LogP contribution in [0.2, 0.25) is 0 Å². The van der Waals surface area contributed by atoms with Gasteiger partial charge in [-0.3, -0.25) is 0 Å². The molecule has 86 valence electrons. The van der Waals surface area contributed by atoms with Gasteiger partial charge >= 0.3 is 0 Å². The second-order valence-electron chi connectivity index (χ2n) is 3.26. The van der Waals surface area contributed by atoms with Crippen molar-refractivity contribution < 1.29 is 0 Å². The smallest absolute Gasteiger partial charge is 0.0401 e. The molecule has 0 aromatic rings. The predicted molar refractivity (Wildman–Crippen MR) is 74.0 cm³/mol. The van der Waals surface area contributed by atoms with Crippen LogP contribution in [0.1, 0.15) is 13.8 Å². The average Bonchev–Trinajstić information content (AvgIpc) is 2.30. The molecule has 0 bridgehead atoms. The fourth-order valence-electron chi connectivity index (χ4n) is 1.07. The van der Waals surface area contributed by atoms with E-state index in [9.17, 15) is 0 Å². The Balaban J connectivity index is 4.69. The fourth-order valence-corrected chi connectivity index (χ4v) is 1.07. The predicted octanol–water partition coefficient (Wildman–Crippen LogP) is 4.21. The Hall–Kier alpha value is -1.76. The topological polar surface area (TPSA) is 3.24 Å². The van der Waals surface area contributed by atoms with Crippen LogP contribution in [0.15, 0.2) is 73.2 Å². The number of allylic oxidation sites excluding steroid dienone is 8. The summed E-state index contributed by atoms with van der Waals surface area (Å²) in [6.07, 6.45) is 15.7. The van der Waals surface area contributed by atoms with E-state index >= 15 is 0 Å². The third-order valence-corrected chi connectivity index (χ3v) is 2.08. The first-order chi connectivity index (χ1) is 7.67. The molecule has 0 atom stereocenters. The third kappa shape index (κ3) is 5.20. The maximum Gasteiger partial charge on any atom is 0.0401 e. The molecule has 1 heteroatoms. The summed E-state index contributed by atoms with van der Waals surface area (Å²) in [5.74, 6) is 0. The van der Waals surface area contributed by atoms with E-state index in [1.807, 2.05) is 74.4 Å². The molecule has 0 radical (unpaired) electrons. The summed E-state index contributed by atoms with van der Waals surface area (Å²) in [6, 6.07) is 0. The molecule has 0 unspecified atom stereocenters. The van der Waals surface area contributed by atoms with Gasteiger partial charge in [0.25, 0.3) is 0 Å². The van der Waals surface area contributed by atoms with E-state index in [0.29, 0.717) is 0 Å². The SMILES string of the molecule is C=C/C(=C\C=C/C)N(C)C(=C)/C=C\C=C/C.